The summed E-state index contributed by atoms with van der Waals surface area (Å²) in [7, 11) is 0. The van der Waals surface area contributed by atoms with Crippen LogP contribution in [0.5, 0.6) is 0 Å². The highest BCUT2D eigenvalue weighted by atomic mass is 16.5. The quantitative estimate of drug-likeness (QED) is 0.228. The summed E-state index contributed by atoms with van der Waals surface area (Å²) in [4.78, 5) is 11.2. The molecule has 2 aliphatic carbocycles. The molecular formula is C22H36O2. The highest BCUT2D eigenvalue weighted by Crippen LogP contribution is 2.34. The topological polar surface area (TPSA) is 26.3 Å². The maximum absolute atomic E-state index is 11.2. The van der Waals surface area contributed by atoms with Crippen molar-refractivity contribution in [2.45, 2.75) is 90.1 Å². The van der Waals surface area contributed by atoms with E-state index in [0.717, 1.165) is 37.5 Å². The number of hydrogen-bond donors (Lipinski definition) is 0. The lowest BCUT2D eigenvalue weighted by Gasteiger charge is -2.28. The molecule has 2 saturated carbocycles. The molecule has 0 atom stereocenters. The summed E-state index contributed by atoms with van der Waals surface area (Å²) in [6, 6.07) is 0. The number of ether oxygens (including phenoxy) is 1. The monoisotopic (exact) mass is 332 g/mol. The Labute approximate surface area is 148 Å². The second-order valence-corrected chi connectivity index (χ2v) is 7.84. The van der Waals surface area contributed by atoms with Crippen molar-refractivity contribution in [2.24, 2.45) is 17.8 Å². The minimum atomic E-state index is -0.273. The van der Waals surface area contributed by atoms with Gasteiger partial charge >= 0.3 is 5.97 Å². The van der Waals surface area contributed by atoms with Gasteiger partial charge in [-0.3, -0.25) is 0 Å². The van der Waals surface area contributed by atoms with E-state index in [2.05, 4.69) is 25.7 Å². The molecule has 2 heteroatoms. The lowest BCUT2D eigenvalue weighted by atomic mass is 9.78. The van der Waals surface area contributed by atoms with Crippen LogP contribution in [0.4, 0.5) is 0 Å². The second kappa shape index (κ2) is 10.7. The number of hydrogen-bond acceptors (Lipinski definition) is 2. The Morgan fingerprint density at radius 1 is 0.958 bits per heavy atom. The number of esters is 1. The highest BCUT2D eigenvalue weighted by molar-refractivity contribution is 5.81. The SMILES string of the molecule is C=CC(=O)OC1CCC(C=CC2CCC(CCCCC)CC2)CC1. The second-order valence-electron chi connectivity index (χ2n) is 7.84. The van der Waals surface area contributed by atoms with E-state index in [0.29, 0.717) is 5.92 Å². The standard InChI is InChI=1S/C22H36O2/c1-3-5-6-7-18-8-10-19(11-9-18)12-13-20-14-16-21(17-15-20)24-22(23)4-2/h4,12-13,18-21H,2-3,5-11,14-17H2,1H3. The molecule has 0 aliphatic heterocycles. The van der Waals surface area contributed by atoms with Crippen LogP contribution in [-0.2, 0) is 9.53 Å². The molecule has 0 spiro atoms. The van der Waals surface area contributed by atoms with Gasteiger partial charge in [0.1, 0.15) is 6.10 Å². The first-order valence-corrected chi connectivity index (χ1v) is 10.2. The zero-order chi connectivity index (χ0) is 17.2. The third-order valence-corrected chi connectivity index (χ3v) is 5.93. The predicted molar refractivity (Wildman–Crippen MR) is 101 cm³/mol. The van der Waals surface area contributed by atoms with Crippen molar-refractivity contribution in [3.8, 4) is 0 Å². The molecule has 136 valence electrons. The van der Waals surface area contributed by atoms with Crippen LogP contribution >= 0.6 is 0 Å². The first-order chi connectivity index (χ1) is 11.7. The molecule has 0 aromatic heterocycles. The van der Waals surface area contributed by atoms with Crippen LogP contribution in [0.15, 0.2) is 24.8 Å². The van der Waals surface area contributed by atoms with Crippen molar-refractivity contribution in [1.29, 1.82) is 0 Å². The van der Waals surface area contributed by atoms with Crippen LogP contribution in [0, 0.1) is 17.8 Å². The molecule has 24 heavy (non-hydrogen) atoms. The normalized spacial score (nSPS) is 31.0. The highest BCUT2D eigenvalue weighted by Gasteiger charge is 2.23. The first kappa shape index (κ1) is 19.3. The summed E-state index contributed by atoms with van der Waals surface area (Å²) in [5.74, 6) is 2.22. The molecule has 0 radical (unpaired) electrons. The van der Waals surface area contributed by atoms with E-state index in [4.69, 9.17) is 4.74 Å². The largest absolute Gasteiger partial charge is 0.459 e. The van der Waals surface area contributed by atoms with E-state index >= 15 is 0 Å². The van der Waals surface area contributed by atoms with Gasteiger partial charge in [-0.15, -0.1) is 0 Å². The average Bonchev–Trinajstić information content (AvgIpc) is 2.62. The van der Waals surface area contributed by atoms with E-state index in [1.807, 2.05) is 0 Å². The van der Waals surface area contributed by atoms with Crippen molar-refractivity contribution < 1.29 is 9.53 Å². The molecule has 0 amide bonds. The summed E-state index contributed by atoms with van der Waals surface area (Å²) in [6.45, 7) is 5.75. The fourth-order valence-electron chi connectivity index (χ4n) is 4.28. The van der Waals surface area contributed by atoms with E-state index in [9.17, 15) is 4.79 Å². The number of unbranched alkanes of at least 4 members (excludes halogenated alkanes) is 2. The number of carbonyl (C=O) groups is 1. The lowest BCUT2D eigenvalue weighted by Crippen LogP contribution is -2.23. The van der Waals surface area contributed by atoms with Crippen molar-refractivity contribution >= 4 is 5.97 Å². The molecule has 2 rings (SSSR count). The van der Waals surface area contributed by atoms with Gasteiger partial charge in [-0.05, 0) is 69.1 Å². The van der Waals surface area contributed by atoms with Gasteiger partial charge < -0.3 is 4.74 Å². The van der Waals surface area contributed by atoms with E-state index in [1.54, 1.807) is 0 Å². The summed E-state index contributed by atoms with van der Waals surface area (Å²) in [5, 5.41) is 0. The van der Waals surface area contributed by atoms with Gasteiger partial charge in [0.15, 0.2) is 0 Å². The van der Waals surface area contributed by atoms with E-state index in [1.165, 1.54) is 57.4 Å². The molecule has 0 unspecified atom stereocenters. The molecule has 0 saturated heterocycles. The van der Waals surface area contributed by atoms with Gasteiger partial charge in [0, 0.05) is 6.08 Å². The molecule has 2 aliphatic rings. The molecule has 0 bridgehead atoms. The Bertz CT molecular complexity index is 396. The van der Waals surface area contributed by atoms with Gasteiger partial charge in [-0.1, -0.05) is 51.3 Å². The molecule has 0 aromatic rings. The van der Waals surface area contributed by atoms with Crippen LogP contribution in [0.25, 0.3) is 0 Å². The Balaban J connectivity index is 1.61. The Hall–Kier alpha value is -1.05. The van der Waals surface area contributed by atoms with Gasteiger partial charge in [-0.2, -0.15) is 0 Å². The smallest absolute Gasteiger partial charge is 0.330 e. The molecular weight excluding hydrogens is 296 g/mol. The van der Waals surface area contributed by atoms with Crippen LogP contribution in [0.1, 0.15) is 84.0 Å². The van der Waals surface area contributed by atoms with Gasteiger partial charge in [0.05, 0.1) is 0 Å². The van der Waals surface area contributed by atoms with Crippen molar-refractivity contribution in [2.75, 3.05) is 0 Å². The van der Waals surface area contributed by atoms with Crippen molar-refractivity contribution in [3.63, 3.8) is 0 Å². The Morgan fingerprint density at radius 3 is 2.08 bits per heavy atom. The van der Waals surface area contributed by atoms with Gasteiger partial charge in [0.25, 0.3) is 0 Å². The average molecular weight is 333 g/mol. The zero-order valence-corrected chi connectivity index (χ0v) is 15.6. The summed E-state index contributed by atoms with van der Waals surface area (Å²) >= 11 is 0. The maximum atomic E-state index is 11.2. The minimum absolute atomic E-state index is 0.110. The Morgan fingerprint density at radius 2 is 1.54 bits per heavy atom. The third kappa shape index (κ3) is 6.83. The van der Waals surface area contributed by atoms with Crippen LogP contribution in [-0.4, -0.2) is 12.1 Å². The molecule has 0 heterocycles. The first-order valence-electron chi connectivity index (χ1n) is 10.2. The fourth-order valence-corrected chi connectivity index (χ4v) is 4.28. The van der Waals surface area contributed by atoms with E-state index < -0.39 is 0 Å². The summed E-state index contributed by atoms with van der Waals surface area (Å²) in [5.41, 5.74) is 0. The van der Waals surface area contributed by atoms with Crippen LogP contribution in [0.2, 0.25) is 0 Å². The number of allylic oxidation sites excluding steroid dienone is 2. The number of carbonyl (C=O) groups excluding carboxylic acids is 1. The zero-order valence-electron chi connectivity index (χ0n) is 15.6. The molecule has 0 aromatic carbocycles. The van der Waals surface area contributed by atoms with Crippen LogP contribution < -0.4 is 0 Å². The third-order valence-electron chi connectivity index (χ3n) is 5.93. The number of rotatable bonds is 8. The van der Waals surface area contributed by atoms with Crippen LogP contribution in [0.3, 0.4) is 0 Å². The van der Waals surface area contributed by atoms with Gasteiger partial charge in [-0.25, -0.2) is 4.79 Å². The Kier molecular flexibility index (Phi) is 8.63. The van der Waals surface area contributed by atoms with E-state index in [-0.39, 0.29) is 12.1 Å². The maximum Gasteiger partial charge on any atom is 0.330 e. The predicted octanol–water partition coefficient (Wildman–Crippen LogP) is 6.22. The van der Waals surface area contributed by atoms with Crippen molar-refractivity contribution in [3.05, 3.63) is 24.8 Å². The molecule has 2 nitrogen and oxygen atoms in total. The van der Waals surface area contributed by atoms with Gasteiger partial charge in [0.2, 0.25) is 0 Å². The summed E-state index contributed by atoms with van der Waals surface area (Å²) in [6.07, 6.45) is 21.9. The van der Waals surface area contributed by atoms with Crippen molar-refractivity contribution in [1.82, 2.24) is 0 Å². The molecule has 0 N–H and O–H groups in total. The fraction of sp³-hybridized carbons (Fsp3) is 0.773. The summed E-state index contributed by atoms with van der Waals surface area (Å²) < 4.78 is 5.35. The molecule has 2 fully saturated rings. The lowest BCUT2D eigenvalue weighted by molar-refractivity contribution is -0.144. The minimum Gasteiger partial charge on any atom is -0.459 e.